The molecule has 2 heteroatoms. The average Bonchev–Trinajstić information content (AvgIpc) is 2.93. The van der Waals surface area contributed by atoms with E-state index in [1.807, 2.05) is 0 Å². The molecular formula is C38H80ClP. The predicted octanol–water partition coefficient (Wildman–Crippen LogP) is 11.8. The van der Waals surface area contributed by atoms with Gasteiger partial charge in [0.05, 0.1) is 24.6 Å². The van der Waals surface area contributed by atoms with Crippen molar-refractivity contribution >= 4 is 7.26 Å². The SMILES string of the molecule is CCCCCCCCCCCCCCCC[P+](CCC)(CCC)CCCCCCCCCCCCCCCC.[Cl-]. The van der Waals surface area contributed by atoms with Gasteiger partial charge >= 0.3 is 0 Å². The summed E-state index contributed by atoms with van der Waals surface area (Å²) in [5.41, 5.74) is 0. The van der Waals surface area contributed by atoms with Gasteiger partial charge in [-0.25, -0.2) is 0 Å². The molecule has 0 bridgehead atoms. The zero-order valence-electron chi connectivity index (χ0n) is 28.9. The molecule has 0 spiro atoms. The summed E-state index contributed by atoms with van der Waals surface area (Å²) in [5.74, 6) is 0. The third-order valence-corrected chi connectivity index (χ3v) is 14.7. The van der Waals surface area contributed by atoms with Crippen molar-refractivity contribution in [3.8, 4) is 0 Å². The molecule has 0 unspecified atom stereocenters. The van der Waals surface area contributed by atoms with Crippen molar-refractivity contribution in [3.63, 3.8) is 0 Å². The molecule has 244 valence electrons. The van der Waals surface area contributed by atoms with Crippen LogP contribution in [0.1, 0.15) is 220 Å². The van der Waals surface area contributed by atoms with Crippen molar-refractivity contribution in [2.45, 2.75) is 220 Å². The molecule has 0 aromatic heterocycles. The molecule has 0 saturated carbocycles. The molecule has 0 aromatic carbocycles. The fourth-order valence-electron chi connectivity index (χ4n) is 6.90. The zero-order chi connectivity index (χ0) is 28.5. The first-order valence-electron chi connectivity index (χ1n) is 19.1. The molecule has 0 aliphatic rings. The van der Waals surface area contributed by atoms with Gasteiger partial charge in [-0.15, -0.1) is 0 Å². The first-order chi connectivity index (χ1) is 19.2. The van der Waals surface area contributed by atoms with Gasteiger partial charge in [-0.3, -0.25) is 0 Å². The minimum atomic E-state index is -0.665. The highest BCUT2D eigenvalue weighted by Gasteiger charge is 2.33. The second-order valence-corrected chi connectivity index (χ2v) is 17.9. The summed E-state index contributed by atoms with van der Waals surface area (Å²) in [6.45, 7) is 9.55. The Morgan fingerprint density at radius 3 is 0.625 bits per heavy atom. The van der Waals surface area contributed by atoms with E-state index in [-0.39, 0.29) is 12.4 Å². The maximum atomic E-state index is 2.46. The summed E-state index contributed by atoms with van der Waals surface area (Å²) in [6, 6.07) is 0. The number of hydrogen-bond acceptors (Lipinski definition) is 0. The van der Waals surface area contributed by atoms with Crippen LogP contribution >= 0.6 is 7.26 Å². The third-order valence-electron chi connectivity index (χ3n) is 9.37. The van der Waals surface area contributed by atoms with Gasteiger partial charge < -0.3 is 12.4 Å². The molecule has 0 heterocycles. The van der Waals surface area contributed by atoms with Crippen LogP contribution in [0.4, 0.5) is 0 Å². The molecule has 0 rings (SSSR count). The lowest BCUT2D eigenvalue weighted by Gasteiger charge is -2.27. The van der Waals surface area contributed by atoms with E-state index < -0.39 is 7.26 Å². The van der Waals surface area contributed by atoms with E-state index in [1.165, 1.54) is 180 Å². The van der Waals surface area contributed by atoms with Gasteiger partial charge in [-0.2, -0.15) is 0 Å². The van der Waals surface area contributed by atoms with Crippen LogP contribution in [0.3, 0.4) is 0 Å². The van der Waals surface area contributed by atoms with E-state index >= 15 is 0 Å². The topological polar surface area (TPSA) is 0 Å². The second kappa shape index (κ2) is 35.9. The molecule has 40 heavy (non-hydrogen) atoms. The number of hydrogen-bond donors (Lipinski definition) is 0. The Bertz CT molecular complexity index is 397. The molecule has 0 radical (unpaired) electrons. The summed E-state index contributed by atoms with van der Waals surface area (Å²) in [6.07, 6.45) is 50.9. The highest BCUT2D eigenvalue weighted by molar-refractivity contribution is 7.75. The summed E-state index contributed by atoms with van der Waals surface area (Å²) < 4.78 is 0. The Hall–Kier alpha value is 0.720. The Kier molecular flexibility index (Phi) is 38.5. The molecule has 0 amide bonds. The normalized spacial score (nSPS) is 11.7. The molecular weight excluding hydrogens is 523 g/mol. The van der Waals surface area contributed by atoms with Crippen molar-refractivity contribution in [2.24, 2.45) is 0 Å². The fraction of sp³-hybridized carbons (Fsp3) is 1.00. The lowest BCUT2D eigenvalue weighted by molar-refractivity contribution is -0.00000888. The molecule has 0 fully saturated rings. The highest BCUT2D eigenvalue weighted by atomic mass is 35.5. The number of rotatable bonds is 34. The van der Waals surface area contributed by atoms with Gasteiger partial charge in [0.25, 0.3) is 0 Å². The highest BCUT2D eigenvalue weighted by Crippen LogP contribution is 2.61. The minimum Gasteiger partial charge on any atom is -1.00 e. The van der Waals surface area contributed by atoms with Crippen molar-refractivity contribution < 1.29 is 12.4 Å². The van der Waals surface area contributed by atoms with E-state index in [0.29, 0.717) is 0 Å². The quantitative estimate of drug-likeness (QED) is 0.0507. The summed E-state index contributed by atoms with van der Waals surface area (Å²) >= 11 is 0. The first-order valence-corrected chi connectivity index (χ1v) is 21.6. The average molecular weight is 603 g/mol. The van der Waals surface area contributed by atoms with Crippen LogP contribution in [-0.4, -0.2) is 24.6 Å². The number of unbranched alkanes of at least 4 members (excludes halogenated alkanes) is 26. The van der Waals surface area contributed by atoms with Crippen LogP contribution < -0.4 is 12.4 Å². The van der Waals surface area contributed by atoms with Crippen LogP contribution in [0.25, 0.3) is 0 Å². The van der Waals surface area contributed by atoms with Crippen LogP contribution in [0, 0.1) is 0 Å². The van der Waals surface area contributed by atoms with Crippen LogP contribution in [0.2, 0.25) is 0 Å². The van der Waals surface area contributed by atoms with Gasteiger partial charge in [0.1, 0.15) is 0 Å². The van der Waals surface area contributed by atoms with E-state index in [4.69, 9.17) is 0 Å². The molecule has 0 aliphatic carbocycles. The van der Waals surface area contributed by atoms with Crippen molar-refractivity contribution in [2.75, 3.05) is 24.6 Å². The van der Waals surface area contributed by atoms with E-state index in [0.717, 1.165) is 0 Å². The molecule has 0 N–H and O–H groups in total. The lowest BCUT2D eigenvalue weighted by Crippen LogP contribution is -3.00. The van der Waals surface area contributed by atoms with Crippen LogP contribution in [0.5, 0.6) is 0 Å². The Balaban J connectivity index is 0. The third kappa shape index (κ3) is 30.2. The zero-order valence-corrected chi connectivity index (χ0v) is 30.5. The van der Waals surface area contributed by atoms with Gasteiger partial charge in [0.2, 0.25) is 0 Å². The maximum absolute atomic E-state index is 2.46. The standard InChI is InChI=1S/C38H80P.ClH/c1-5-9-11-13-15-17-19-21-23-25-27-29-31-33-37-39(35-7-3,36-8-4)38-34-32-30-28-26-24-22-20-18-16-14-12-10-6-2;/h5-38H2,1-4H3;1H/q+1;/p-1. The predicted molar refractivity (Wildman–Crippen MR) is 188 cm³/mol. The Morgan fingerprint density at radius 2 is 0.425 bits per heavy atom. The number of halogens is 1. The Labute approximate surface area is 263 Å². The first kappa shape index (κ1) is 42.9. The van der Waals surface area contributed by atoms with Crippen molar-refractivity contribution in [1.29, 1.82) is 0 Å². The van der Waals surface area contributed by atoms with Gasteiger partial charge in [-0.1, -0.05) is 182 Å². The largest absolute Gasteiger partial charge is 1.00 e. The van der Waals surface area contributed by atoms with Gasteiger partial charge in [-0.05, 0) is 38.5 Å². The molecule has 0 saturated heterocycles. The lowest BCUT2D eigenvalue weighted by atomic mass is 10.0. The molecule has 0 aliphatic heterocycles. The summed E-state index contributed by atoms with van der Waals surface area (Å²) in [7, 11) is -0.665. The molecule has 0 nitrogen and oxygen atoms in total. The van der Waals surface area contributed by atoms with Crippen molar-refractivity contribution in [3.05, 3.63) is 0 Å². The monoisotopic (exact) mass is 603 g/mol. The summed E-state index contributed by atoms with van der Waals surface area (Å²) in [4.78, 5) is 0. The van der Waals surface area contributed by atoms with Crippen LogP contribution in [0.15, 0.2) is 0 Å². The van der Waals surface area contributed by atoms with Gasteiger partial charge in [0.15, 0.2) is 0 Å². The minimum absolute atomic E-state index is 0. The van der Waals surface area contributed by atoms with Crippen LogP contribution in [-0.2, 0) is 0 Å². The molecule has 0 atom stereocenters. The second-order valence-electron chi connectivity index (χ2n) is 13.4. The smallest absolute Gasteiger partial charge is 0.0594 e. The van der Waals surface area contributed by atoms with Gasteiger partial charge in [0, 0.05) is 7.26 Å². The van der Waals surface area contributed by atoms with E-state index in [9.17, 15) is 0 Å². The summed E-state index contributed by atoms with van der Waals surface area (Å²) in [5, 5.41) is 0. The fourth-order valence-corrected chi connectivity index (χ4v) is 11.9. The Morgan fingerprint density at radius 1 is 0.225 bits per heavy atom. The van der Waals surface area contributed by atoms with E-state index in [2.05, 4.69) is 27.7 Å². The molecule has 0 aromatic rings. The maximum Gasteiger partial charge on any atom is 0.0594 e. The van der Waals surface area contributed by atoms with Crippen molar-refractivity contribution in [1.82, 2.24) is 0 Å². The van der Waals surface area contributed by atoms with E-state index in [1.54, 1.807) is 37.5 Å².